The molecule has 1 saturated carbocycles. The fourth-order valence-corrected chi connectivity index (χ4v) is 3.57. The van der Waals surface area contributed by atoms with Gasteiger partial charge in [-0.1, -0.05) is 19.3 Å². The third kappa shape index (κ3) is 2.54. The maximum Gasteiger partial charge on any atom is 0.352 e. The molecule has 0 aromatic carbocycles. The molecule has 1 aromatic heterocycles. The molecule has 1 aromatic rings. The molecular formula is C15H21NO3. The lowest BCUT2D eigenvalue weighted by Gasteiger charge is -2.33. The van der Waals surface area contributed by atoms with Crippen LogP contribution >= 0.6 is 0 Å². The van der Waals surface area contributed by atoms with Gasteiger partial charge in [0.25, 0.3) is 0 Å². The summed E-state index contributed by atoms with van der Waals surface area (Å²) in [6, 6.07) is 3.43. The predicted molar refractivity (Wildman–Crippen MR) is 71.3 cm³/mol. The summed E-state index contributed by atoms with van der Waals surface area (Å²) in [5.74, 6) is -0.865. The molecule has 104 valence electrons. The topological polar surface area (TPSA) is 51.5 Å². The number of hydrogen-bond donors (Lipinski definition) is 1. The van der Waals surface area contributed by atoms with Gasteiger partial charge in [0.1, 0.15) is 5.69 Å². The van der Waals surface area contributed by atoms with E-state index in [0.29, 0.717) is 12.2 Å². The Bertz CT molecular complexity index is 460. The van der Waals surface area contributed by atoms with Crippen molar-refractivity contribution in [3.63, 3.8) is 0 Å². The van der Waals surface area contributed by atoms with Crippen molar-refractivity contribution in [1.29, 1.82) is 0 Å². The van der Waals surface area contributed by atoms with Crippen LogP contribution < -0.4 is 0 Å². The van der Waals surface area contributed by atoms with Crippen LogP contribution in [0.3, 0.4) is 0 Å². The quantitative estimate of drug-likeness (QED) is 0.911. The molecule has 1 aliphatic carbocycles. The van der Waals surface area contributed by atoms with Crippen molar-refractivity contribution in [2.24, 2.45) is 0 Å². The zero-order chi connectivity index (χ0) is 13.3. The van der Waals surface area contributed by atoms with Gasteiger partial charge in [-0.05, 0) is 37.8 Å². The van der Waals surface area contributed by atoms with Crippen LogP contribution in [0.2, 0.25) is 0 Å². The summed E-state index contributed by atoms with van der Waals surface area (Å²) in [5.41, 5.74) is 0.465. The molecule has 0 bridgehead atoms. The smallest absolute Gasteiger partial charge is 0.352 e. The summed E-state index contributed by atoms with van der Waals surface area (Å²) >= 11 is 0. The fraction of sp³-hybridized carbons (Fsp3) is 0.667. The second-order valence-electron chi connectivity index (χ2n) is 5.87. The monoisotopic (exact) mass is 263 g/mol. The standard InChI is InChI=1S/C15H21NO3/c17-14(18)13-5-4-10-16(13)11-12-6-9-15(19-12)7-2-1-3-8-15/h4-5,10,12H,1-3,6-9,11H2,(H,17,18). The van der Waals surface area contributed by atoms with Crippen molar-refractivity contribution in [2.45, 2.75) is 63.2 Å². The number of aromatic nitrogens is 1. The van der Waals surface area contributed by atoms with Crippen LogP contribution in [0.15, 0.2) is 18.3 Å². The van der Waals surface area contributed by atoms with Crippen LogP contribution in [0, 0.1) is 0 Å². The summed E-state index contributed by atoms with van der Waals surface area (Å²) in [4.78, 5) is 11.1. The van der Waals surface area contributed by atoms with Gasteiger partial charge in [-0.3, -0.25) is 0 Å². The fourth-order valence-electron chi connectivity index (χ4n) is 3.57. The molecule has 2 fully saturated rings. The van der Waals surface area contributed by atoms with Gasteiger partial charge in [-0.2, -0.15) is 0 Å². The van der Waals surface area contributed by atoms with Crippen LogP contribution in [-0.2, 0) is 11.3 Å². The number of carboxylic acid groups (broad SMARTS) is 1. The van der Waals surface area contributed by atoms with E-state index in [4.69, 9.17) is 9.84 Å². The lowest BCUT2D eigenvalue weighted by atomic mass is 9.83. The van der Waals surface area contributed by atoms with E-state index in [0.717, 1.165) is 12.8 Å². The Morgan fingerprint density at radius 3 is 2.89 bits per heavy atom. The number of ether oxygens (including phenoxy) is 1. The van der Waals surface area contributed by atoms with Gasteiger partial charge in [-0.15, -0.1) is 0 Å². The first-order valence-electron chi connectivity index (χ1n) is 7.25. The minimum absolute atomic E-state index is 0.111. The Morgan fingerprint density at radius 1 is 1.37 bits per heavy atom. The molecule has 1 N–H and O–H groups in total. The van der Waals surface area contributed by atoms with Gasteiger partial charge < -0.3 is 14.4 Å². The molecule has 19 heavy (non-hydrogen) atoms. The first-order valence-corrected chi connectivity index (χ1v) is 7.25. The molecule has 0 radical (unpaired) electrons. The van der Waals surface area contributed by atoms with E-state index >= 15 is 0 Å². The van der Waals surface area contributed by atoms with E-state index in [1.165, 1.54) is 32.1 Å². The van der Waals surface area contributed by atoms with E-state index in [1.807, 2.05) is 6.20 Å². The highest BCUT2D eigenvalue weighted by atomic mass is 16.5. The maximum absolute atomic E-state index is 11.1. The van der Waals surface area contributed by atoms with Crippen LogP contribution in [0.1, 0.15) is 55.4 Å². The van der Waals surface area contributed by atoms with Crippen molar-refractivity contribution in [3.8, 4) is 0 Å². The second-order valence-corrected chi connectivity index (χ2v) is 5.87. The number of carbonyl (C=O) groups is 1. The third-order valence-corrected chi connectivity index (χ3v) is 4.55. The van der Waals surface area contributed by atoms with Gasteiger partial charge in [0.05, 0.1) is 11.7 Å². The maximum atomic E-state index is 11.1. The van der Waals surface area contributed by atoms with Crippen LogP contribution in [0.4, 0.5) is 0 Å². The van der Waals surface area contributed by atoms with Gasteiger partial charge in [0.2, 0.25) is 0 Å². The van der Waals surface area contributed by atoms with E-state index in [-0.39, 0.29) is 11.7 Å². The molecule has 1 spiro atoms. The number of nitrogens with zero attached hydrogens (tertiary/aromatic N) is 1. The van der Waals surface area contributed by atoms with Gasteiger partial charge in [0.15, 0.2) is 0 Å². The molecule has 1 atom stereocenters. The molecule has 1 saturated heterocycles. The summed E-state index contributed by atoms with van der Waals surface area (Å²) < 4.78 is 8.08. The Kier molecular flexibility index (Phi) is 3.35. The van der Waals surface area contributed by atoms with Crippen LogP contribution in [0.25, 0.3) is 0 Å². The Balaban J connectivity index is 1.65. The number of aromatic carboxylic acids is 1. The van der Waals surface area contributed by atoms with E-state index < -0.39 is 5.97 Å². The molecule has 4 nitrogen and oxygen atoms in total. The van der Waals surface area contributed by atoms with E-state index in [1.54, 1.807) is 16.7 Å². The minimum Gasteiger partial charge on any atom is -0.477 e. The second kappa shape index (κ2) is 5.00. The largest absolute Gasteiger partial charge is 0.477 e. The Hall–Kier alpha value is -1.29. The first kappa shape index (κ1) is 12.7. The number of carboxylic acids is 1. The van der Waals surface area contributed by atoms with Gasteiger partial charge in [0, 0.05) is 12.7 Å². The number of hydrogen-bond acceptors (Lipinski definition) is 2. The molecule has 3 rings (SSSR count). The highest BCUT2D eigenvalue weighted by Gasteiger charge is 2.40. The highest BCUT2D eigenvalue weighted by Crippen LogP contribution is 2.42. The molecule has 0 amide bonds. The number of rotatable bonds is 3. The molecule has 4 heteroatoms. The molecule has 2 aliphatic rings. The summed E-state index contributed by atoms with van der Waals surface area (Å²) in [6.45, 7) is 0.663. The lowest BCUT2D eigenvalue weighted by molar-refractivity contribution is -0.0680. The van der Waals surface area contributed by atoms with Crippen LogP contribution in [0.5, 0.6) is 0 Å². The molecule has 1 unspecified atom stereocenters. The SMILES string of the molecule is O=C(O)c1cccn1CC1CCC2(CCCCC2)O1. The van der Waals surface area contributed by atoms with Gasteiger partial charge >= 0.3 is 5.97 Å². The Labute approximate surface area is 113 Å². The zero-order valence-corrected chi connectivity index (χ0v) is 11.2. The normalized spacial score (nSPS) is 25.8. The predicted octanol–water partition coefficient (Wildman–Crippen LogP) is 3.07. The van der Waals surface area contributed by atoms with Crippen molar-refractivity contribution < 1.29 is 14.6 Å². The van der Waals surface area contributed by atoms with Gasteiger partial charge in [-0.25, -0.2) is 4.79 Å². The minimum atomic E-state index is -0.865. The third-order valence-electron chi connectivity index (χ3n) is 4.55. The summed E-state index contributed by atoms with van der Waals surface area (Å²) in [6.07, 6.45) is 10.4. The Morgan fingerprint density at radius 2 is 2.16 bits per heavy atom. The van der Waals surface area contributed by atoms with E-state index in [2.05, 4.69) is 0 Å². The molecular weight excluding hydrogens is 242 g/mol. The summed E-state index contributed by atoms with van der Waals surface area (Å²) in [7, 11) is 0. The van der Waals surface area contributed by atoms with Crippen LogP contribution in [-0.4, -0.2) is 27.3 Å². The molecule has 1 aliphatic heterocycles. The highest BCUT2D eigenvalue weighted by molar-refractivity contribution is 5.85. The van der Waals surface area contributed by atoms with Crippen molar-refractivity contribution in [2.75, 3.05) is 0 Å². The average Bonchev–Trinajstić information content (AvgIpc) is 2.99. The van der Waals surface area contributed by atoms with E-state index in [9.17, 15) is 4.79 Å². The van der Waals surface area contributed by atoms with Crippen molar-refractivity contribution >= 4 is 5.97 Å². The average molecular weight is 263 g/mol. The van der Waals surface area contributed by atoms with Crippen molar-refractivity contribution in [1.82, 2.24) is 4.57 Å². The van der Waals surface area contributed by atoms with Crippen molar-refractivity contribution in [3.05, 3.63) is 24.0 Å². The summed E-state index contributed by atoms with van der Waals surface area (Å²) in [5, 5.41) is 9.11. The molecule has 2 heterocycles. The zero-order valence-electron chi connectivity index (χ0n) is 11.2. The lowest BCUT2D eigenvalue weighted by Crippen LogP contribution is -2.32. The first-order chi connectivity index (χ1) is 9.19.